The van der Waals surface area contributed by atoms with Gasteiger partial charge in [-0.3, -0.25) is 14.6 Å². The van der Waals surface area contributed by atoms with Gasteiger partial charge in [0.25, 0.3) is 5.56 Å². The molecule has 0 aliphatic rings. The zero-order valence-corrected chi connectivity index (χ0v) is 13.5. The number of hydrogen-bond donors (Lipinski definition) is 4. The van der Waals surface area contributed by atoms with Crippen LogP contribution in [0.5, 0.6) is 5.75 Å². The summed E-state index contributed by atoms with van der Waals surface area (Å²) in [5.41, 5.74) is 1.83. The van der Waals surface area contributed by atoms with Crippen LogP contribution in [0.4, 0.5) is 5.82 Å². The van der Waals surface area contributed by atoms with Crippen molar-refractivity contribution in [3.63, 3.8) is 0 Å². The van der Waals surface area contributed by atoms with Gasteiger partial charge in [0.05, 0.1) is 12.8 Å². The van der Waals surface area contributed by atoms with Crippen molar-refractivity contribution in [2.24, 2.45) is 5.10 Å². The molecule has 0 spiro atoms. The van der Waals surface area contributed by atoms with Crippen molar-refractivity contribution in [3.8, 4) is 5.75 Å². The maximum Gasteiger partial charge on any atom is 0.342 e. The number of hydrazone groups is 1. The number of anilines is 1. The highest BCUT2D eigenvalue weighted by atomic mass is 16.5. The number of aromatic amines is 2. The van der Waals surface area contributed by atoms with E-state index in [9.17, 15) is 14.4 Å². The van der Waals surface area contributed by atoms with Gasteiger partial charge in [-0.15, -0.1) is 5.10 Å². The lowest BCUT2D eigenvalue weighted by atomic mass is 10.2. The largest absolute Gasteiger partial charge is 0.494 e. The van der Waals surface area contributed by atoms with Crippen molar-refractivity contribution in [1.82, 2.24) is 20.6 Å². The number of rotatable bonds is 8. The number of nitrogens with one attached hydrogen (secondary N) is 4. The van der Waals surface area contributed by atoms with E-state index in [1.165, 1.54) is 6.21 Å². The van der Waals surface area contributed by atoms with E-state index in [0.29, 0.717) is 6.61 Å². The van der Waals surface area contributed by atoms with E-state index in [1.54, 1.807) is 0 Å². The molecular formula is C15H18N6O4. The Morgan fingerprint density at radius 3 is 2.76 bits per heavy atom. The summed E-state index contributed by atoms with van der Waals surface area (Å²) in [6.07, 6.45) is 1.58. The second-order valence-electron chi connectivity index (χ2n) is 4.83. The van der Waals surface area contributed by atoms with Crippen LogP contribution in [0.3, 0.4) is 0 Å². The SMILES string of the molecule is CCOc1ccc(/C=N/NC(=O)CCNc2n[nH]c(=O)[nH]c2=O)cc1. The summed E-state index contributed by atoms with van der Waals surface area (Å²) in [5, 5.41) is 12.1. The van der Waals surface area contributed by atoms with Gasteiger partial charge in [0.1, 0.15) is 5.75 Å². The van der Waals surface area contributed by atoms with E-state index in [0.717, 1.165) is 11.3 Å². The minimum Gasteiger partial charge on any atom is -0.494 e. The smallest absolute Gasteiger partial charge is 0.342 e. The summed E-state index contributed by atoms with van der Waals surface area (Å²) in [6.45, 7) is 2.66. The Balaban J connectivity index is 1.74. The number of nitrogens with zero attached hydrogens (tertiary/aromatic N) is 2. The van der Waals surface area contributed by atoms with Gasteiger partial charge < -0.3 is 10.1 Å². The minimum atomic E-state index is -0.697. The Hall–Kier alpha value is -3.43. The molecule has 1 heterocycles. The molecule has 0 radical (unpaired) electrons. The van der Waals surface area contributed by atoms with Crippen LogP contribution >= 0.6 is 0 Å². The molecule has 2 rings (SSSR count). The Bertz CT molecular complexity index is 840. The van der Waals surface area contributed by atoms with Crippen molar-refractivity contribution in [2.45, 2.75) is 13.3 Å². The van der Waals surface area contributed by atoms with Crippen molar-refractivity contribution in [1.29, 1.82) is 0 Å². The normalized spacial score (nSPS) is 10.6. The number of ether oxygens (including phenoxy) is 1. The number of hydrogen-bond acceptors (Lipinski definition) is 7. The van der Waals surface area contributed by atoms with Crippen LogP contribution < -0.4 is 26.7 Å². The first-order chi connectivity index (χ1) is 12.1. The third kappa shape index (κ3) is 5.94. The summed E-state index contributed by atoms with van der Waals surface area (Å²) in [7, 11) is 0. The van der Waals surface area contributed by atoms with Crippen LogP contribution in [0.25, 0.3) is 0 Å². The lowest BCUT2D eigenvalue weighted by Crippen LogP contribution is -2.28. The number of aromatic nitrogens is 3. The molecule has 0 fully saturated rings. The topological polar surface area (TPSA) is 141 Å². The molecule has 132 valence electrons. The third-order valence-corrected chi connectivity index (χ3v) is 2.95. The Morgan fingerprint density at radius 2 is 2.08 bits per heavy atom. The fourth-order valence-electron chi connectivity index (χ4n) is 1.81. The monoisotopic (exact) mass is 346 g/mol. The fraction of sp³-hybridized carbons (Fsp3) is 0.267. The second-order valence-corrected chi connectivity index (χ2v) is 4.83. The van der Waals surface area contributed by atoms with E-state index in [1.807, 2.05) is 36.2 Å². The number of amides is 1. The Morgan fingerprint density at radius 1 is 1.32 bits per heavy atom. The Labute approximate surface area is 142 Å². The van der Waals surface area contributed by atoms with Gasteiger partial charge in [0, 0.05) is 13.0 Å². The van der Waals surface area contributed by atoms with Crippen LogP contribution in [0.1, 0.15) is 18.9 Å². The molecule has 0 atom stereocenters. The number of H-pyrrole nitrogens is 2. The van der Waals surface area contributed by atoms with Crippen LogP contribution in [-0.4, -0.2) is 40.5 Å². The van der Waals surface area contributed by atoms with Gasteiger partial charge in [-0.1, -0.05) is 0 Å². The second kappa shape index (κ2) is 9.01. The maximum atomic E-state index is 11.7. The fourth-order valence-corrected chi connectivity index (χ4v) is 1.81. The van der Waals surface area contributed by atoms with Gasteiger partial charge in [0.2, 0.25) is 11.7 Å². The predicted molar refractivity (Wildman–Crippen MR) is 91.9 cm³/mol. The molecule has 25 heavy (non-hydrogen) atoms. The van der Waals surface area contributed by atoms with Crippen molar-refractivity contribution in [3.05, 3.63) is 50.7 Å². The molecule has 1 aromatic carbocycles. The summed E-state index contributed by atoms with van der Waals surface area (Å²) < 4.78 is 5.33. The quantitative estimate of drug-likeness (QED) is 0.385. The van der Waals surface area contributed by atoms with Crippen LogP contribution in [0.15, 0.2) is 39.0 Å². The molecule has 0 aliphatic heterocycles. The number of carbonyl (C=O) groups excluding carboxylic acids is 1. The van der Waals surface area contributed by atoms with E-state index in [2.05, 4.69) is 26.0 Å². The molecule has 2 aromatic rings. The van der Waals surface area contributed by atoms with E-state index in [4.69, 9.17) is 4.74 Å². The molecule has 4 N–H and O–H groups in total. The zero-order valence-electron chi connectivity index (χ0n) is 13.5. The van der Waals surface area contributed by atoms with Crippen LogP contribution in [0, 0.1) is 0 Å². The average molecular weight is 346 g/mol. The highest BCUT2D eigenvalue weighted by Gasteiger charge is 2.03. The predicted octanol–water partition coefficient (Wildman–Crippen LogP) is -0.191. The molecule has 1 aromatic heterocycles. The van der Waals surface area contributed by atoms with Gasteiger partial charge in [-0.05, 0) is 36.8 Å². The van der Waals surface area contributed by atoms with Gasteiger partial charge >= 0.3 is 5.69 Å². The molecule has 0 aliphatic carbocycles. The lowest BCUT2D eigenvalue weighted by Gasteiger charge is -2.03. The highest BCUT2D eigenvalue weighted by Crippen LogP contribution is 2.10. The molecular weight excluding hydrogens is 328 g/mol. The molecule has 10 nitrogen and oxygen atoms in total. The summed E-state index contributed by atoms with van der Waals surface area (Å²) in [5.74, 6) is 0.362. The van der Waals surface area contributed by atoms with E-state index in [-0.39, 0.29) is 24.7 Å². The number of benzene rings is 1. The molecule has 0 bridgehead atoms. The number of carbonyl (C=O) groups is 1. The summed E-state index contributed by atoms with van der Waals surface area (Å²) in [6, 6.07) is 7.25. The third-order valence-electron chi connectivity index (χ3n) is 2.95. The zero-order chi connectivity index (χ0) is 18.1. The van der Waals surface area contributed by atoms with Crippen LogP contribution in [0.2, 0.25) is 0 Å². The van der Waals surface area contributed by atoms with E-state index >= 15 is 0 Å². The van der Waals surface area contributed by atoms with Crippen molar-refractivity contribution >= 4 is 17.9 Å². The minimum absolute atomic E-state index is 0.0645. The van der Waals surface area contributed by atoms with Crippen LogP contribution in [-0.2, 0) is 4.79 Å². The molecule has 1 amide bonds. The van der Waals surface area contributed by atoms with E-state index < -0.39 is 11.2 Å². The first-order valence-electron chi connectivity index (χ1n) is 7.56. The van der Waals surface area contributed by atoms with Crippen molar-refractivity contribution < 1.29 is 9.53 Å². The summed E-state index contributed by atoms with van der Waals surface area (Å²) >= 11 is 0. The molecule has 0 saturated carbocycles. The first-order valence-corrected chi connectivity index (χ1v) is 7.56. The summed E-state index contributed by atoms with van der Waals surface area (Å²) in [4.78, 5) is 35.9. The van der Waals surface area contributed by atoms with Gasteiger partial charge in [-0.2, -0.15) is 5.10 Å². The maximum absolute atomic E-state index is 11.7. The van der Waals surface area contributed by atoms with Gasteiger partial charge in [0.15, 0.2) is 0 Å². The highest BCUT2D eigenvalue weighted by molar-refractivity contribution is 5.82. The average Bonchev–Trinajstić information content (AvgIpc) is 2.59. The molecule has 0 saturated heterocycles. The standard InChI is InChI=1S/C15H18N6O4/c1-2-25-11-5-3-10(4-6-11)9-17-19-12(22)7-8-16-13-14(23)18-15(24)21-20-13/h3-6,9H,2,7-8H2,1H3,(H,16,20)(H,19,22)(H2,18,21,23,24)/b17-9+. The Kier molecular flexibility index (Phi) is 6.46. The van der Waals surface area contributed by atoms with Crippen molar-refractivity contribution in [2.75, 3.05) is 18.5 Å². The first kappa shape index (κ1) is 17.9. The molecule has 0 unspecified atom stereocenters. The lowest BCUT2D eigenvalue weighted by molar-refractivity contribution is -0.120. The molecule has 10 heteroatoms. The van der Waals surface area contributed by atoms with Gasteiger partial charge in [-0.25, -0.2) is 15.3 Å².